The smallest absolute Gasteiger partial charge is 0.306 e. The predicted octanol–water partition coefficient (Wildman–Crippen LogP) is 9.80. The SMILES string of the molecule is CCCCCCCC/C=C/CCCCCCCCCC(=O)OC(COCCC(C(=O)[O-])[N+](C)(C)C)COC(=O)CCCCCCCCCCCC. The number of carboxylic acid groups (broad SMARTS) is 1. The Labute approximate surface area is 314 Å². The van der Waals surface area contributed by atoms with E-state index in [-0.39, 0.29) is 42.7 Å². The number of hydrogen-bond donors (Lipinski definition) is 0. The third-order valence-electron chi connectivity index (χ3n) is 9.65. The quantitative estimate of drug-likeness (QED) is 0.0271. The molecule has 0 aromatic carbocycles. The van der Waals surface area contributed by atoms with Crippen LogP contribution < -0.4 is 5.11 Å². The molecule has 8 heteroatoms. The summed E-state index contributed by atoms with van der Waals surface area (Å²) in [5.74, 6) is -1.73. The molecule has 300 valence electrons. The van der Waals surface area contributed by atoms with Gasteiger partial charge in [0.05, 0.1) is 40.3 Å². The molecule has 0 aliphatic rings. The zero-order valence-electron chi connectivity index (χ0n) is 34.0. The molecule has 2 atom stereocenters. The van der Waals surface area contributed by atoms with Gasteiger partial charge in [-0.3, -0.25) is 9.59 Å². The van der Waals surface area contributed by atoms with Gasteiger partial charge in [0.25, 0.3) is 0 Å². The highest BCUT2D eigenvalue weighted by Crippen LogP contribution is 2.14. The van der Waals surface area contributed by atoms with Crippen LogP contribution >= 0.6 is 0 Å². The number of quaternary nitrogens is 1. The molecule has 0 spiro atoms. The summed E-state index contributed by atoms with van der Waals surface area (Å²) in [5.41, 5.74) is 0. The Kier molecular flexibility index (Phi) is 33.8. The predicted molar refractivity (Wildman–Crippen MR) is 208 cm³/mol. The number of carbonyl (C=O) groups is 3. The van der Waals surface area contributed by atoms with Gasteiger partial charge in [-0.25, -0.2) is 0 Å². The first-order chi connectivity index (χ1) is 24.6. The number of esters is 2. The van der Waals surface area contributed by atoms with Crippen LogP contribution in [0.15, 0.2) is 12.2 Å². The summed E-state index contributed by atoms with van der Waals surface area (Å²) in [7, 11) is 5.41. The number of aliphatic carboxylic acids is 1. The van der Waals surface area contributed by atoms with Gasteiger partial charge in [-0.1, -0.05) is 148 Å². The van der Waals surface area contributed by atoms with Crippen molar-refractivity contribution in [3.05, 3.63) is 12.2 Å². The van der Waals surface area contributed by atoms with Crippen LogP contribution in [-0.4, -0.2) is 75.5 Å². The monoisotopic (exact) mass is 724 g/mol. The van der Waals surface area contributed by atoms with Gasteiger partial charge in [-0.05, 0) is 38.5 Å². The topological polar surface area (TPSA) is 102 Å². The number of ether oxygens (including phenoxy) is 3. The minimum Gasteiger partial charge on any atom is -0.544 e. The number of allylic oxidation sites excluding steroid dienone is 2. The minimum absolute atomic E-state index is 0.0441. The number of likely N-dealkylation sites (N-methyl/N-ethyl adjacent to an activating group) is 1. The number of rotatable bonds is 38. The lowest BCUT2D eigenvalue weighted by Gasteiger charge is -2.34. The van der Waals surface area contributed by atoms with E-state index in [9.17, 15) is 19.5 Å². The molecule has 0 aromatic heterocycles. The maximum atomic E-state index is 12.7. The minimum atomic E-state index is -1.12. The van der Waals surface area contributed by atoms with Crippen molar-refractivity contribution in [2.75, 3.05) is 41.0 Å². The Balaban J connectivity index is 4.32. The fraction of sp³-hybridized carbons (Fsp3) is 0.884. The molecule has 0 radical (unpaired) electrons. The van der Waals surface area contributed by atoms with Crippen molar-refractivity contribution < 1.29 is 38.2 Å². The van der Waals surface area contributed by atoms with E-state index in [1.165, 1.54) is 122 Å². The first kappa shape index (κ1) is 49.1. The lowest BCUT2D eigenvalue weighted by molar-refractivity contribution is -0.889. The van der Waals surface area contributed by atoms with Crippen molar-refractivity contribution in [2.45, 2.75) is 206 Å². The molecular formula is C43H81NO7. The molecule has 0 aromatic rings. The van der Waals surface area contributed by atoms with E-state index in [2.05, 4.69) is 26.0 Å². The van der Waals surface area contributed by atoms with Gasteiger partial charge in [0.2, 0.25) is 0 Å². The summed E-state index contributed by atoms with van der Waals surface area (Å²) in [6.07, 6.45) is 35.1. The summed E-state index contributed by atoms with van der Waals surface area (Å²) in [4.78, 5) is 36.7. The van der Waals surface area contributed by atoms with Gasteiger partial charge in [0, 0.05) is 19.3 Å². The number of hydrogen-bond acceptors (Lipinski definition) is 7. The Bertz CT molecular complexity index is 854. The summed E-state index contributed by atoms with van der Waals surface area (Å²) >= 11 is 0. The summed E-state index contributed by atoms with van der Waals surface area (Å²) < 4.78 is 17.1. The second-order valence-corrected chi connectivity index (χ2v) is 15.6. The van der Waals surface area contributed by atoms with Gasteiger partial charge < -0.3 is 28.6 Å². The Morgan fingerprint density at radius 1 is 0.569 bits per heavy atom. The van der Waals surface area contributed by atoms with E-state index < -0.39 is 18.1 Å². The zero-order chi connectivity index (χ0) is 37.8. The van der Waals surface area contributed by atoms with E-state index in [1.807, 2.05) is 0 Å². The van der Waals surface area contributed by atoms with Crippen molar-refractivity contribution in [1.29, 1.82) is 0 Å². The van der Waals surface area contributed by atoms with Crippen molar-refractivity contribution in [3.8, 4) is 0 Å². The molecule has 0 saturated heterocycles. The highest BCUT2D eigenvalue weighted by molar-refractivity contribution is 5.70. The average molecular weight is 724 g/mol. The summed E-state index contributed by atoms with van der Waals surface area (Å²) in [6, 6.07) is -0.721. The lowest BCUT2D eigenvalue weighted by atomic mass is 10.1. The van der Waals surface area contributed by atoms with Crippen LogP contribution in [0.4, 0.5) is 0 Å². The van der Waals surface area contributed by atoms with Crippen LogP contribution in [0, 0.1) is 0 Å². The first-order valence-electron chi connectivity index (χ1n) is 21.2. The maximum absolute atomic E-state index is 12.7. The van der Waals surface area contributed by atoms with E-state index in [0.29, 0.717) is 12.8 Å². The molecule has 2 unspecified atom stereocenters. The highest BCUT2D eigenvalue weighted by atomic mass is 16.6. The maximum Gasteiger partial charge on any atom is 0.306 e. The summed E-state index contributed by atoms with van der Waals surface area (Å²) in [6.45, 7) is 4.65. The molecule has 51 heavy (non-hydrogen) atoms. The van der Waals surface area contributed by atoms with Crippen molar-refractivity contribution in [2.24, 2.45) is 0 Å². The molecular weight excluding hydrogens is 642 g/mol. The van der Waals surface area contributed by atoms with Gasteiger partial charge in [-0.2, -0.15) is 0 Å². The molecule has 0 bridgehead atoms. The first-order valence-corrected chi connectivity index (χ1v) is 21.2. The van der Waals surface area contributed by atoms with Gasteiger partial charge in [0.15, 0.2) is 6.10 Å². The second kappa shape index (κ2) is 35.1. The van der Waals surface area contributed by atoms with Crippen LogP contribution in [0.3, 0.4) is 0 Å². The van der Waals surface area contributed by atoms with E-state index in [0.717, 1.165) is 38.5 Å². The molecule has 0 rings (SSSR count). The molecule has 0 aliphatic heterocycles. The van der Waals surface area contributed by atoms with Crippen LogP contribution in [0.25, 0.3) is 0 Å². The second-order valence-electron chi connectivity index (χ2n) is 15.6. The Morgan fingerprint density at radius 2 is 0.980 bits per heavy atom. The largest absolute Gasteiger partial charge is 0.544 e. The van der Waals surface area contributed by atoms with Crippen LogP contribution in [0.1, 0.15) is 194 Å². The van der Waals surface area contributed by atoms with Crippen LogP contribution in [0.5, 0.6) is 0 Å². The number of nitrogens with zero attached hydrogens (tertiary/aromatic N) is 1. The van der Waals surface area contributed by atoms with Crippen molar-refractivity contribution in [3.63, 3.8) is 0 Å². The van der Waals surface area contributed by atoms with Crippen LogP contribution in [-0.2, 0) is 28.6 Å². The Hall–Kier alpha value is -1.93. The normalized spacial score (nSPS) is 13.0. The molecule has 0 fully saturated rings. The van der Waals surface area contributed by atoms with E-state index >= 15 is 0 Å². The number of carbonyl (C=O) groups excluding carboxylic acids is 3. The van der Waals surface area contributed by atoms with Crippen molar-refractivity contribution >= 4 is 17.9 Å². The van der Waals surface area contributed by atoms with Gasteiger partial charge >= 0.3 is 11.9 Å². The van der Waals surface area contributed by atoms with Crippen LogP contribution in [0.2, 0.25) is 0 Å². The fourth-order valence-corrected chi connectivity index (χ4v) is 6.30. The van der Waals surface area contributed by atoms with Gasteiger partial charge in [0.1, 0.15) is 12.6 Å². The molecule has 8 nitrogen and oxygen atoms in total. The third-order valence-corrected chi connectivity index (χ3v) is 9.65. The van der Waals surface area contributed by atoms with E-state index in [4.69, 9.17) is 14.2 Å². The molecule has 0 amide bonds. The fourth-order valence-electron chi connectivity index (χ4n) is 6.30. The van der Waals surface area contributed by atoms with Crippen molar-refractivity contribution in [1.82, 2.24) is 0 Å². The highest BCUT2D eigenvalue weighted by Gasteiger charge is 2.25. The van der Waals surface area contributed by atoms with Gasteiger partial charge in [-0.15, -0.1) is 0 Å². The zero-order valence-corrected chi connectivity index (χ0v) is 34.0. The molecule has 0 saturated carbocycles. The lowest BCUT2D eigenvalue weighted by Crippen LogP contribution is -2.55. The average Bonchev–Trinajstić information content (AvgIpc) is 3.08. The van der Waals surface area contributed by atoms with E-state index in [1.54, 1.807) is 21.1 Å². The number of unbranched alkanes of at least 4 members (excludes halogenated alkanes) is 22. The molecule has 0 heterocycles. The summed E-state index contributed by atoms with van der Waals surface area (Å²) in [5, 5.41) is 11.6. The Morgan fingerprint density at radius 3 is 1.41 bits per heavy atom. The molecule has 0 N–H and O–H groups in total. The standard InChI is InChI=1S/C43H81NO7/c1-6-8-10-12-14-16-18-19-20-21-22-23-24-26-28-30-32-34-42(46)51-39(37-49-36-35-40(43(47)48)44(3,4)5)38-50-41(45)33-31-29-27-25-17-15-13-11-9-7-2/h19-20,39-40H,6-18,21-38H2,1-5H3/b20-19+. The number of carboxylic acids is 1. The molecule has 0 aliphatic carbocycles. The third kappa shape index (κ3) is 33.6.